The number of nitrogens with zero attached hydrogens (tertiary/aromatic N) is 3. The van der Waals surface area contributed by atoms with Crippen LogP contribution < -0.4 is 9.54 Å². The molecular weight excluding hydrogens is 478 g/mol. The van der Waals surface area contributed by atoms with Gasteiger partial charge in [0.25, 0.3) is 5.91 Å². The number of hydrogen-bond donors (Lipinski definition) is 0. The molecule has 3 aromatic rings. The van der Waals surface area contributed by atoms with Gasteiger partial charge >= 0.3 is 5.97 Å². The number of sulfonamides is 1. The van der Waals surface area contributed by atoms with Crippen molar-refractivity contribution in [3.05, 3.63) is 52.8 Å². The molecule has 1 saturated heterocycles. The van der Waals surface area contributed by atoms with Crippen LogP contribution in [0.2, 0.25) is 0 Å². The summed E-state index contributed by atoms with van der Waals surface area (Å²) in [5, 5.41) is 0. The molecule has 0 spiro atoms. The number of carbonyl (C=O) groups is 2. The lowest BCUT2D eigenvalue weighted by Crippen LogP contribution is -2.35. The lowest BCUT2D eigenvalue weighted by atomic mass is 10.2. The average Bonchev–Trinajstić information content (AvgIpc) is 3.21. The molecule has 1 aliphatic rings. The van der Waals surface area contributed by atoms with Crippen LogP contribution in [-0.2, 0) is 26.1 Å². The van der Waals surface area contributed by atoms with Gasteiger partial charge in [0.1, 0.15) is 17.8 Å². The van der Waals surface area contributed by atoms with Crippen molar-refractivity contribution in [1.29, 1.82) is 0 Å². The molecule has 1 aliphatic heterocycles. The Morgan fingerprint density at radius 2 is 1.74 bits per heavy atom. The Morgan fingerprint density at radius 1 is 1.03 bits per heavy atom. The van der Waals surface area contributed by atoms with Crippen molar-refractivity contribution in [3.63, 3.8) is 0 Å². The van der Waals surface area contributed by atoms with Gasteiger partial charge in [0.2, 0.25) is 10.0 Å². The Hall–Kier alpha value is -3.02. The van der Waals surface area contributed by atoms with Crippen LogP contribution in [-0.4, -0.2) is 56.5 Å². The second-order valence-corrected chi connectivity index (χ2v) is 10.7. The van der Waals surface area contributed by atoms with Gasteiger partial charge in [0.05, 0.1) is 23.8 Å². The Bertz CT molecular complexity index is 1380. The predicted octanol–water partition coefficient (Wildman–Crippen LogP) is 2.80. The molecule has 0 radical (unpaired) electrons. The summed E-state index contributed by atoms with van der Waals surface area (Å²) in [5.41, 5.74) is 0.876. The standard InChI is InChI=1S/C23H25N3O6S2/c1-31-18-7-6-8-19-21(18)26(15-20(27)32-2)23(33-19)24-22(28)16-9-11-17(12-10-16)34(29,30)25-13-4-3-5-14-25/h6-12H,3-5,13-15H2,1-2H3. The van der Waals surface area contributed by atoms with Crippen LogP contribution in [0.25, 0.3) is 10.2 Å². The molecule has 11 heteroatoms. The van der Waals surface area contributed by atoms with E-state index in [1.54, 1.807) is 10.6 Å². The van der Waals surface area contributed by atoms with Gasteiger partial charge in [-0.25, -0.2) is 8.42 Å². The Balaban J connectivity index is 1.69. The van der Waals surface area contributed by atoms with Gasteiger partial charge in [-0.15, -0.1) is 0 Å². The zero-order valence-electron chi connectivity index (χ0n) is 18.9. The highest BCUT2D eigenvalue weighted by molar-refractivity contribution is 7.89. The van der Waals surface area contributed by atoms with Crippen molar-refractivity contribution < 1.29 is 27.5 Å². The van der Waals surface area contributed by atoms with Gasteiger partial charge in [-0.2, -0.15) is 9.30 Å². The summed E-state index contributed by atoms with van der Waals surface area (Å²) >= 11 is 1.24. The predicted molar refractivity (Wildman–Crippen MR) is 127 cm³/mol. The van der Waals surface area contributed by atoms with Gasteiger partial charge in [-0.3, -0.25) is 9.59 Å². The van der Waals surface area contributed by atoms with E-state index in [4.69, 9.17) is 9.47 Å². The highest BCUT2D eigenvalue weighted by atomic mass is 32.2. The van der Waals surface area contributed by atoms with Crippen LogP contribution in [0, 0.1) is 0 Å². The van der Waals surface area contributed by atoms with Crippen molar-refractivity contribution in [3.8, 4) is 5.75 Å². The van der Waals surface area contributed by atoms with Gasteiger partial charge < -0.3 is 14.0 Å². The second kappa shape index (κ2) is 10.1. The van der Waals surface area contributed by atoms with Crippen LogP contribution in [0.4, 0.5) is 0 Å². The summed E-state index contributed by atoms with van der Waals surface area (Å²) in [4.78, 5) is 29.6. The molecular formula is C23H25N3O6S2. The number of piperidine rings is 1. The van der Waals surface area contributed by atoms with E-state index in [9.17, 15) is 18.0 Å². The summed E-state index contributed by atoms with van der Waals surface area (Å²) in [6.45, 7) is 0.873. The highest BCUT2D eigenvalue weighted by Crippen LogP contribution is 2.27. The van der Waals surface area contributed by atoms with Crippen LogP contribution in [0.3, 0.4) is 0 Å². The highest BCUT2D eigenvalue weighted by Gasteiger charge is 2.26. The number of fused-ring (bicyclic) bond motifs is 1. The summed E-state index contributed by atoms with van der Waals surface area (Å²) in [7, 11) is -0.775. The molecule has 34 heavy (non-hydrogen) atoms. The summed E-state index contributed by atoms with van der Waals surface area (Å²) in [6, 6.07) is 11.2. The largest absolute Gasteiger partial charge is 0.495 e. The smallest absolute Gasteiger partial charge is 0.325 e. The molecule has 0 atom stereocenters. The fourth-order valence-electron chi connectivity index (χ4n) is 3.86. The third-order valence-electron chi connectivity index (χ3n) is 5.65. The number of rotatable bonds is 6. The Kier molecular flexibility index (Phi) is 7.15. The molecule has 180 valence electrons. The quantitative estimate of drug-likeness (QED) is 0.479. The fraction of sp³-hybridized carbons (Fsp3) is 0.348. The van der Waals surface area contributed by atoms with Crippen molar-refractivity contribution in [2.45, 2.75) is 30.7 Å². The van der Waals surface area contributed by atoms with Crippen LogP contribution in [0.5, 0.6) is 5.75 Å². The number of benzene rings is 2. The van der Waals surface area contributed by atoms with E-state index < -0.39 is 21.9 Å². The lowest BCUT2D eigenvalue weighted by Gasteiger charge is -2.25. The van der Waals surface area contributed by atoms with Gasteiger partial charge in [0.15, 0.2) is 4.80 Å². The van der Waals surface area contributed by atoms with Crippen LogP contribution in [0.15, 0.2) is 52.4 Å². The number of aromatic nitrogens is 1. The van der Waals surface area contributed by atoms with Crippen molar-refractivity contribution in [2.24, 2.45) is 4.99 Å². The first-order valence-corrected chi connectivity index (χ1v) is 13.0. The summed E-state index contributed by atoms with van der Waals surface area (Å²) in [6.07, 6.45) is 2.72. The lowest BCUT2D eigenvalue weighted by molar-refractivity contribution is -0.141. The van der Waals surface area contributed by atoms with E-state index in [1.807, 2.05) is 12.1 Å². The monoisotopic (exact) mass is 503 g/mol. The number of methoxy groups -OCH3 is 2. The van der Waals surface area contributed by atoms with Crippen molar-refractivity contribution in [1.82, 2.24) is 8.87 Å². The maximum Gasteiger partial charge on any atom is 0.325 e. The molecule has 0 N–H and O–H groups in total. The summed E-state index contributed by atoms with van der Waals surface area (Å²) in [5.74, 6) is -0.503. The minimum Gasteiger partial charge on any atom is -0.495 e. The fourth-order valence-corrected chi connectivity index (χ4v) is 6.43. The molecule has 2 heterocycles. The molecule has 0 aliphatic carbocycles. The van der Waals surface area contributed by atoms with E-state index in [1.165, 1.54) is 54.1 Å². The minimum absolute atomic E-state index is 0.143. The normalized spacial score (nSPS) is 15.4. The van der Waals surface area contributed by atoms with Crippen molar-refractivity contribution >= 4 is 43.5 Å². The van der Waals surface area contributed by atoms with E-state index in [2.05, 4.69) is 4.99 Å². The SMILES string of the molecule is COC(=O)Cn1c(=NC(=O)c2ccc(S(=O)(=O)N3CCCCC3)cc2)sc2cccc(OC)c21. The molecule has 1 fully saturated rings. The van der Waals surface area contributed by atoms with Gasteiger partial charge in [-0.1, -0.05) is 23.8 Å². The maximum atomic E-state index is 12.9. The van der Waals surface area contributed by atoms with E-state index in [0.29, 0.717) is 29.2 Å². The third kappa shape index (κ3) is 4.77. The van der Waals surface area contributed by atoms with Gasteiger partial charge in [0, 0.05) is 18.7 Å². The number of amides is 1. The van der Waals surface area contributed by atoms with E-state index in [0.717, 1.165) is 24.0 Å². The van der Waals surface area contributed by atoms with Gasteiger partial charge in [-0.05, 0) is 49.2 Å². The first-order chi connectivity index (χ1) is 16.3. The number of thiazole rings is 1. The third-order valence-corrected chi connectivity index (χ3v) is 8.61. The van der Waals surface area contributed by atoms with E-state index >= 15 is 0 Å². The summed E-state index contributed by atoms with van der Waals surface area (Å²) < 4.78 is 39.8. The Labute approximate surface area is 201 Å². The van der Waals surface area contributed by atoms with E-state index in [-0.39, 0.29) is 17.0 Å². The van der Waals surface area contributed by atoms with Crippen molar-refractivity contribution in [2.75, 3.05) is 27.3 Å². The second-order valence-electron chi connectivity index (χ2n) is 7.76. The minimum atomic E-state index is -3.59. The first kappa shape index (κ1) is 24.1. The number of para-hydroxylation sites is 1. The molecule has 0 unspecified atom stereocenters. The Morgan fingerprint density at radius 3 is 2.38 bits per heavy atom. The first-order valence-electron chi connectivity index (χ1n) is 10.8. The molecule has 0 bridgehead atoms. The zero-order chi connectivity index (χ0) is 24.3. The zero-order valence-corrected chi connectivity index (χ0v) is 20.5. The molecule has 4 rings (SSSR count). The average molecular weight is 504 g/mol. The van der Waals surface area contributed by atoms with Crippen LogP contribution in [0.1, 0.15) is 29.6 Å². The number of hydrogen-bond acceptors (Lipinski definition) is 7. The molecule has 2 aromatic carbocycles. The number of esters is 1. The molecule has 1 amide bonds. The topological polar surface area (TPSA) is 107 Å². The molecule has 0 saturated carbocycles. The maximum absolute atomic E-state index is 12.9. The number of carbonyl (C=O) groups excluding carboxylic acids is 2. The molecule has 1 aromatic heterocycles. The van der Waals surface area contributed by atoms with Crippen LogP contribution >= 0.6 is 11.3 Å². The molecule has 9 nitrogen and oxygen atoms in total. The number of ether oxygens (including phenoxy) is 2.